The van der Waals surface area contributed by atoms with Gasteiger partial charge in [0.05, 0.1) is 16.8 Å². The highest BCUT2D eigenvalue weighted by molar-refractivity contribution is 14.1. The Morgan fingerprint density at radius 3 is 2.70 bits per heavy atom. The number of benzene rings is 2. The Morgan fingerprint density at radius 1 is 1.30 bits per heavy atom. The van der Waals surface area contributed by atoms with Gasteiger partial charge in [0.1, 0.15) is 5.75 Å². The number of anilines is 1. The topological polar surface area (TPSA) is 32.3 Å². The van der Waals surface area contributed by atoms with Gasteiger partial charge in [-0.05, 0) is 65.4 Å². The Bertz CT molecular complexity index is 621. The van der Waals surface area contributed by atoms with Crippen LogP contribution in [0.5, 0.6) is 5.75 Å². The normalized spacial score (nSPS) is 12.2. The second-order valence-electron chi connectivity index (χ2n) is 4.43. The summed E-state index contributed by atoms with van der Waals surface area (Å²) in [6, 6.07) is 11.3. The fourth-order valence-electron chi connectivity index (χ4n) is 2.00. The van der Waals surface area contributed by atoms with E-state index >= 15 is 0 Å². The van der Waals surface area contributed by atoms with Crippen molar-refractivity contribution in [2.24, 2.45) is 0 Å². The Kier molecular flexibility index (Phi) is 5.57. The molecule has 2 N–H and O–H groups in total. The lowest BCUT2D eigenvalue weighted by Gasteiger charge is -2.21. The highest BCUT2D eigenvalue weighted by Crippen LogP contribution is 2.34. The first-order chi connectivity index (χ1) is 9.51. The predicted octanol–water partition coefficient (Wildman–Crippen LogP) is 5.98. The van der Waals surface area contributed by atoms with Crippen LogP contribution in [-0.4, -0.2) is 5.11 Å². The van der Waals surface area contributed by atoms with Crippen molar-refractivity contribution < 1.29 is 5.11 Å². The van der Waals surface area contributed by atoms with Crippen LogP contribution in [0, 0.1) is 3.57 Å². The van der Waals surface area contributed by atoms with E-state index in [0.717, 1.165) is 25.7 Å². The van der Waals surface area contributed by atoms with Crippen LogP contribution < -0.4 is 5.32 Å². The lowest BCUT2D eigenvalue weighted by Crippen LogP contribution is -2.10. The standard InChI is InChI=1S/C15H14BrClINO/c1-2-13(11-7-9(16)3-6-15(11)20)19-14-5-4-10(18)8-12(14)17/h3-8,13,19-20H,2H2,1H3. The van der Waals surface area contributed by atoms with E-state index in [0.29, 0.717) is 5.02 Å². The average Bonchev–Trinajstić information content (AvgIpc) is 2.41. The van der Waals surface area contributed by atoms with Crippen LogP contribution in [0.3, 0.4) is 0 Å². The second-order valence-corrected chi connectivity index (χ2v) is 7.00. The van der Waals surface area contributed by atoms with Gasteiger partial charge in [-0.3, -0.25) is 0 Å². The summed E-state index contributed by atoms with van der Waals surface area (Å²) in [6.07, 6.45) is 0.840. The maximum absolute atomic E-state index is 10.0. The molecule has 0 radical (unpaired) electrons. The smallest absolute Gasteiger partial charge is 0.120 e. The lowest BCUT2D eigenvalue weighted by atomic mass is 10.0. The Morgan fingerprint density at radius 2 is 2.05 bits per heavy atom. The Labute approximate surface area is 145 Å². The molecule has 2 nitrogen and oxygen atoms in total. The van der Waals surface area contributed by atoms with E-state index in [4.69, 9.17) is 11.6 Å². The summed E-state index contributed by atoms with van der Waals surface area (Å²) in [7, 11) is 0. The minimum absolute atomic E-state index is 0.00469. The lowest BCUT2D eigenvalue weighted by molar-refractivity contribution is 0.462. The molecule has 0 aliphatic carbocycles. The van der Waals surface area contributed by atoms with Gasteiger partial charge in [0.25, 0.3) is 0 Å². The average molecular weight is 467 g/mol. The number of phenols is 1. The minimum Gasteiger partial charge on any atom is -0.508 e. The monoisotopic (exact) mass is 465 g/mol. The second kappa shape index (κ2) is 7.00. The third-order valence-corrected chi connectivity index (χ3v) is 4.51. The quantitative estimate of drug-likeness (QED) is 0.544. The van der Waals surface area contributed by atoms with E-state index in [1.54, 1.807) is 6.07 Å². The van der Waals surface area contributed by atoms with E-state index in [9.17, 15) is 5.11 Å². The first kappa shape index (κ1) is 15.9. The SMILES string of the molecule is CCC(Nc1ccc(I)cc1Cl)c1cc(Br)ccc1O. The van der Waals surface area contributed by atoms with Gasteiger partial charge in [0, 0.05) is 13.6 Å². The molecule has 106 valence electrons. The molecule has 0 aliphatic rings. The van der Waals surface area contributed by atoms with Gasteiger partial charge in [-0.25, -0.2) is 0 Å². The molecule has 0 saturated carbocycles. The number of hydrogen-bond donors (Lipinski definition) is 2. The van der Waals surface area contributed by atoms with Crippen molar-refractivity contribution in [1.82, 2.24) is 0 Å². The third kappa shape index (κ3) is 3.80. The molecular weight excluding hydrogens is 452 g/mol. The molecular formula is C15H14BrClINO. The van der Waals surface area contributed by atoms with Crippen LogP contribution in [0.1, 0.15) is 24.9 Å². The first-order valence-corrected chi connectivity index (χ1v) is 8.46. The summed E-state index contributed by atoms with van der Waals surface area (Å²) in [5.41, 5.74) is 1.73. The van der Waals surface area contributed by atoms with E-state index in [2.05, 4.69) is 50.8 Å². The van der Waals surface area contributed by atoms with Crippen LogP contribution in [0.25, 0.3) is 0 Å². The first-order valence-electron chi connectivity index (χ1n) is 6.21. The number of rotatable bonds is 4. The molecule has 0 aliphatic heterocycles. The molecule has 2 aromatic carbocycles. The molecule has 1 unspecified atom stereocenters. The molecule has 0 spiro atoms. The molecule has 1 atom stereocenters. The van der Waals surface area contributed by atoms with Crippen molar-refractivity contribution >= 4 is 55.8 Å². The fraction of sp³-hybridized carbons (Fsp3) is 0.200. The van der Waals surface area contributed by atoms with Crippen LogP contribution in [0.2, 0.25) is 5.02 Å². The molecule has 20 heavy (non-hydrogen) atoms. The van der Waals surface area contributed by atoms with Crippen LogP contribution in [-0.2, 0) is 0 Å². The summed E-state index contributed by atoms with van der Waals surface area (Å²) in [6.45, 7) is 2.07. The molecule has 0 bridgehead atoms. The molecule has 0 amide bonds. The minimum atomic E-state index is 0.00469. The van der Waals surface area contributed by atoms with Crippen molar-refractivity contribution in [3.8, 4) is 5.75 Å². The predicted molar refractivity (Wildman–Crippen MR) is 96.6 cm³/mol. The summed E-state index contributed by atoms with van der Waals surface area (Å²) >= 11 is 11.9. The maximum Gasteiger partial charge on any atom is 0.120 e. The van der Waals surface area contributed by atoms with Crippen LogP contribution >= 0.6 is 50.1 Å². The van der Waals surface area contributed by atoms with Gasteiger partial charge in [0.2, 0.25) is 0 Å². The van der Waals surface area contributed by atoms with Crippen molar-refractivity contribution in [3.63, 3.8) is 0 Å². The van der Waals surface area contributed by atoms with Gasteiger partial charge in [0.15, 0.2) is 0 Å². The fourth-order valence-corrected chi connectivity index (χ4v) is 3.29. The number of aromatic hydroxyl groups is 1. The summed E-state index contributed by atoms with van der Waals surface area (Å²) in [5.74, 6) is 0.286. The van der Waals surface area contributed by atoms with E-state index in [1.165, 1.54) is 0 Å². The Hall–Kier alpha value is -0.460. The zero-order valence-corrected chi connectivity index (χ0v) is 15.3. The largest absolute Gasteiger partial charge is 0.508 e. The summed E-state index contributed by atoms with van der Waals surface area (Å²) in [5, 5.41) is 14.1. The van der Waals surface area contributed by atoms with Gasteiger partial charge >= 0.3 is 0 Å². The van der Waals surface area contributed by atoms with Crippen molar-refractivity contribution in [2.75, 3.05) is 5.32 Å². The zero-order chi connectivity index (χ0) is 14.7. The van der Waals surface area contributed by atoms with Gasteiger partial charge in [-0.1, -0.05) is 34.5 Å². The van der Waals surface area contributed by atoms with Crippen molar-refractivity contribution in [1.29, 1.82) is 0 Å². The number of phenolic OH excluding ortho intramolecular Hbond substituents is 1. The van der Waals surface area contributed by atoms with Crippen molar-refractivity contribution in [2.45, 2.75) is 19.4 Å². The van der Waals surface area contributed by atoms with Crippen LogP contribution in [0.4, 0.5) is 5.69 Å². The highest BCUT2D eigenvalue weighted by Gasteiger charge is 2.15. The summed E-state index contributed by atoms with van der Waals surface area (Å²) < 4.78 is 2.04. The van der Waals surface area contributed by atoms with E-state index in [1.807, 2.05) is 30.3 Å². The maximum atomic E-state index is 10.0. The third-order valence-electron chi connectivity index (χ3n) is 3.03. The molecule has 0 saturated heterocycles. The molecule has 0 heterocycles. The van der Waals surface area contributed by atoms with E-state index < -0.39 is 0 Å². The van der Waals surface area contributed by atoms with Gasteiger partial charge in [-0.2, -0.15) is 0 Å². The number of nitrogens with one attached hydrogen (secondary N) is 1. The molecule has 0 fully saturated rings. The zero-order valence-electron chi connectivity index (χ0n) is 10.8. The van der Waals surface area contributed by atoms with E-state index in [-0.39, 0.29) is 11.8 Å². The number of halogens is 3. The Balaban J connectivity index is 2.31. The van der Waals surface area contributed by atoms with Gasteiger partial charge < -0.3 is 10.4 Å². The highest BCUT2D eigenvalue weighted by atomic mass is 127. The molecule has 5 heteroatoms. The van der Waals surface area contributed by atoms with Crippen molar-refractivity contribution in [3.05, 3.63) is 55.0 Å². The number of hydrogen-bond acceptors (Lipinski definition) is 2. The van der Waals surface area contributed by atoms with Crippen LogP contribution in [0.15, 0.2) is 40.9 Å². The molecule has 0 aromatic heterocycles. The molecule has 2 rings (SSSR count). The van der Waals surface area contributed by atoms with Gasteiger partial charge in [-0.15, -0.1) is 0 Å². The molecule has 2 aromatic rings. The summed E-state index contributed by atoms with van der Waals surface area (Å²) in [4.78, 5) is 0.